The van der Waals surface area contributed by atoms with Crippen LogP contribution in [0.4, 0.5) is 0 Å². The van der Waals surface area contributed by atoms with Crippen LogP contribution in [0.5, 0.6) is 0 Å². The van der Waals surface area contributed by atoms with Crippen LogP contribution in [0.15, 0.2) is 30.3 Å². The van der Waals surface area contributed by atoms with E-state index < -0.39 is 7.74 Å². The molecule has 0 spiro atoms. The maximum absolute atomic E-state index is 2.45. The Labute approximate surface area is 77.6 Å². The summed E-state index contributed by atoms with van der Waals surface area (Å²) in [6.45, 7) is 9.76. The van der Waals surface area contributed by atoms with Gasteiger partial charge in [0, 0.05) is 0 Å². The summed E-state index contributed by atoms with van der Waals surface area (Å²) in [6, 6.07) is 10.9. The van der Waals surface area contributed by atoms with E-state index in [9.17, 15) is 0 Å². The van der Waals surface area contributed by atoms with E-state index in [4.69, 9.17) is 0 Å². The van der Waals surface area contributed by atoms with Gasteiger partial charge in [0.15, 0.2) is 0 Å². The van der Waals surface area contributed by atoms with E-state index >= 15 is 0 Å². The lowest BCUT2D eigenvalue weighted by Crippen LogP contribution is -2.23. The van der Waals surface area contributed by atoms with Gasteiger partial charge in [-0.15, -0.1) is 0 Å². The number of benzene rings is 1. The number of hydrogen-bond acceptors (Lipinski definition) is 0. The Kier molecular flexibility index (Phi) is 3.08. The summed E-state index contributed by atoms with van der Waals surface area (Å²) in [6.07, 6.45) is 0. The zero-order chi connectivity index (χ0) is 9.19. The van der Waals surface area contributed by atoms with E-state index in [1.54, 1.807) is 5.30 Å². The number of rotatable bonds is 2. The summed E-state index contributed by atoms with van der Waals surface area (Å²) >= 11 is 0. The molecule has 0 N–H and O–H groups in total. The normalized spacial score (nSPS) is 14.3. The largest absolute Gasteiger partial charge is 0.0913 e. The molecule has 0 fully saturated rings. The minimum absolute atomic E-state index is 0.122. The van der Waals surface area contributed by atoms with Gasteiger partial charge in [-0.05, 0) is 12.0 Å². The standard InChI is InChI=1S/C10H17PSi/c1-11(12(2,3)4)10-8-6-5-7-9-10/h5-9H,1-4H3. The molecule has 1 unspecified atom stereocenters. The van der Waals surface area contributed by atoms with Crippen molar-refractivity contribution in [1.82, 2.24) is 0 Å². The van der Waals surface area contributed by atoms with Gasteiger partial charge in [0.05, 0.1) is 7.74 Å². The second-order valence-corrected chi connectivity index (χ2v) is 16.1. The lowest BCUT2D eigenvalue weighted by Gasteiger charge is -2.25. The Morgan fingerprint density at radius 3 is 1.92 bits per heavy atom. The first kappa shape index (κ1) is 9.95. The quantitative estimate of drug-likeness (QED) is 0.503. The SMILES string of the molecule is CP(c1ccccc1)[Si](C)(C)C. The van der Waals surface area contributed by atoms with Crippen molar-refractivity contribution in [2.45, 2.75) is 19.6 Å². The predicted octanol–water partition coefficient (Wildman–Crippen LogP) is 3.26. The predicted molar refractivity (Wildman–Crippen MR) is 62.3 cm³/mol. The monoisotopic (exact) mass is 196 g/mol. The summed E-state index contributed by atoms with van der Waals surface area (Å²) in [5.41, 5.74) is 0. The maximum atomic E-state index is 2.45. The van der Waals surface area contributed by atoms with Gasteiger partial charge in [0.25, 0.3) is 0 Å². The van der Waals surface area contributed by atoms with Crippen LogP contribution in [0.1, 0.15) is 0 Å². The molecule has 1 rings (SSSR count). The molecule has 0 saturated heterocycles. The second-order valence-electron chi connectivity index (χ2n) is 4.07. The molecule has 1 aromatic carbocycles. The molecule has 0 bridgehead atoms. The van der Waals surface area contributed by atoms with Gasteiger partial charge < -0.3 is 0 Å². The zero-order valence-electron chi connectivity index (χ0n) is 8.33. The fourth-order valence-electron chi connectivity index (χ4n) is 1.04. The highest BCUT2D eigenvalue weighted by molar-refractivity contribution is 7.99. The van der Waals surface area contributed by atoms with E-state index in [0.29, 0.717) is 0 Å². The van der Waals surface area contributed by atoms with Crippen molar-refractivity contribution in [2.24, 2.45) is 0 Å². The summed E-state index contributed by atoms with van der Waals surface area (Å²) in [4.78, 5) is 0. The lowest BCUT2D eigenvalue weighted by molar-refractivity contribution is 1.76. The van der Waals surface area contributed by atoms with Crippen molar-refractivity contribution in [2.75, 3.05) is 6.66 Å². The zero-order valence-corrected chi connectivity index (χ0v) is 10.2. The molecule has 0 amide bonds. The molecular formula is C10H17PSi. The molecule has 0 aliphatic heterocycles. The molecule has 0 aliphatic carbocycles. The summed E-state index contributed by atoms with van der Waals surface area (Å²) in [7, 11) is -0.814. The van der Waals surface area contributed by atoms with Crippen LogP contribution >= 0.6 is 7.47 Å². The molecule has 0 saturated carbocycles. The van der Waals surface area contributed by atoms with Crippen LogP contribution in [-0.4, -0.2) is 14.4 Å². The minimum atomic E-state index is -0.937. The van der Waals surface area contributed by atoms with Crippen LogP contribution in [0, 0.1) is 0 Å². The first-order valence-electron chi connectivity index (χ1n) is 4.31. The minimum Gasteiger partial charge on any atom is -0.0913 e. The highest BCUT2D eigenvalue weighted by Crippen LogP contribution is 2.41. The Bertz CT molecular complexity index is 238. The van der Waals surface area contributed by atoms with Gasteiger partial charge in [0.1, 0.15) is 0 Å². The van der Waals surface area contributed by atoms with Crippen molar-refractivity contribution in [1.29, 1.82) is 0 Å². The molecular weight excluding hydrogens is 179 g/mol. The van der Waals surface area contributed by atoms with E-state index in [1.807, 2.05) is 0 Å². The van der Waals surface area contributed by atoms with E-state index in [2.05, 4.69) is 56.6 Å². The van der Waals surface area contributed by atoms with Crippen molar-refractivity contribution >= 4 is 20.5 Å². The van der Waals surface area contributed by atoms with Gasteiger partial charge in [-0.2, -0.15) is 0 Å². The Balaban J connectivity index is 2.86. The van der Waals surface area contributed by atoms with Gasteiger partial charge in [-0.25, -0.2) is 0 Å². The van der Waals surface area contributed by atoms with Crippen LogP contribution in [-0.2, 0) is 0 Å². The van der Waals surface area contributed by atoms with Crippen LogP contribution in [0.25, 0.3) is 0 Å². The van der Waals surface area contributed by atoms with E-state index in [-0.39, 0.29) is 7.47 Å². The third-order valence-electron chi connectivity index (χ3n) is 2.15. The van der Waals surface area contributed by atoms with Crippen LogP contribution in [0.3, 0.4) is 0 Å². The van der Waals surface area contributed by atoms with Crippen molar-refractivity contribution in [3.63, 3.8) is 0 Å². The third kappa shape index (κ3) is 2.43. The molecule has 12 heavy (non-hydrogen) atoms. The summed E-state index contributed by atoms with van der Waals surface area (Å²) in [5.74, 6) is 0. The van der Waals surface area contributed by atoms with Crippen molar-refractivity contribution < 1.29 is 0 Å². The van der Waals surface area contributed by atoms with Crippen LogP contribution < -0.4 is 5.30 Å². The van der Waals surface area contributed by atoms with Gasteiger partial charge >= 0.3 is 0 Å². The number of hydrogen-bond donors (Lipinski definition) is 0. The third-order valence-corrected chi connectivity index (χ3v) is 12.0. The van der Waals surface area contributed by atoms with Crippen molar-refractivity contribution in [3.05, 3.63) is 30.3 Å². The fraction of sp³-hybridized carbons (Fsp3) is 0.400. The van der Waals surface area contributed by atoms with Crippen LogP contribution in [0.2, 0.25) is 19.6 Å². The van der Waals surface area contributed by atoms with Gasteiger partial charge in [-0.3, -0.25) is 0 Å². The fourth-order valence-corrected chi connectivity index (χ4v) is 5.20. The first-order valence-corrected chi connectivity index (χ1v) is 10.4. The average Bonchev–Trinajstić information content (AvgIpc) is 2.03. The Hall–Kier alpha value is -0.133. The first-order chi connectivity index (χ1) is 5.52. The van der Waals surface area contributed by atoms with Crippen molar-refractivity contribution in [3.8, 4) is 0 Å². The van der Waals surface area contributed by atoms with Gasteiger partial charge in [-0.1, -0.05) is 57.4 Å². The van der Waals surface area contributed by atoms with E-state index in [0.717, 1.165) is 0 Å². The van der Waals surface area contributed by atoms with E-state index in [1.165, 1.54) is 0 Å². The topological polar surface area (TPSA) is 0 Å². The molecule has 1 atom stereocenters. The summed E-state index contributed by atoms with van der Waals surface area (Å²) < 4.78 is 0. The molecule has 0 radical (unpaired) electrons. The lowest BCUT2D eigenvalue weighted by atomic mass is 10.4. The smallest absolute Gasteiger partial charge is 0.0769 e. The molecule has 0 aliphatic rings. The second kappa shape index (κ2) is 3.72. The molecule has 0 nitrogen and oxygen atoms in total. The molecule has 0 heterocycles. The summed E-state index contributed by atoms with van der Waals surface area (Å²) in [5, 5.41) is 1.56. The molecule has 66 valence electrons. The highest BCUT2D eigenvalue weighted by Gasteiger charge is 2.22. The Morgan fingerprint density at radius 2 is 1.50 bits per heavy atom. The van der Waals surface area contributed by atoms with Gasteiger partial charge in [0.2, 0.25) is 0 Å². The highest BCUT2D eigenvalue weighted by atomic mass is 31.4. The Morgan fingerprint density at radius 1 is 1.00 bits per heavy atom. The molecule has 1 aromatic rings. The maximum Gasteiger partial charge on any atom is 0.0769 e. The average molecular weight is 196 g/mol. The molecule has 2 heteroatoms. The molecule has 0 aromatic heterocycles.